The first-order valence-electron chi connectivity index (χ1n) is 8.52. The topological polar surface area (TPSA) is 142 Å². The molecule has 5 N–H and O–H groups in total. The Labute approximate surface area is 167 Å². The van der Waals surface area contributed by atoms with Crippen LogP contribution in [0, 0.1) is 0 Å². The number of nitrogens with one attached hydrogen (secondary N) is 2. The molecule has 3 unspecified atom stereocenters. The van der Waals surface area contributed by atoms with E-state index in [-0.39, 0.29) is 11.4 Å². The van der Waals surface area contributed by atoms with Crippen LogP contribution >= 0.6 is 11.8 Å². The maximum Gasteiger partial charge on any atom is 0.352 e. The number of thioether (sulfide) groups is 1. The van der Waals surface area contributed by atoms with Crippen LogP contribution in [-0.2, 0) is 19.6 Å². The minimum absolute atomic E-state index is 0.135. The van der Waals surface area contributed by atoms with Crippen LogP contribution in [-0.4, -0.2) is 60.3 Å². The van der Waals surface area contributed by atoms with Crippen LogP contribution in [0.2, 0.25) is 0 Å². The van der Waals surface area contributed by atoms with E-state index in [2.05, 4.69) is 10.0 Å². The number of nitrogens with zero attached hydrogens (tertiary/aromatic N) is 1. The standard InChI is InChI=1S/C17H22N4O5S2/c1-9-8-27-16-12(7-21(16)14(9)17(23)24)19-15(22)13(18)10-4-3-5-11(6-10)20-28(2,25)26/h3-6,12-13,16,20H,7-8,18H2,1-2H3,(H,19,22)(H,23,24). The van der Waals surface area contributed by atoms with E-state index in [0.29, 0.717) is 29.2 Å². The van der Waals surface area contributed by atoms with E-state index in [1.54, 1.807) is 41.8 Å². The lowest BCUT2D eigenvalue weighted by atomic mass is 10.0. The molecule has 0 spiro atoms. The summed E-state index contributed by atoms with van der Waals surface area (Å²) in [6, 6.07) is 5.17. The predicted molar refractivity (Wildman–Crippen MR) is 107 cm³/mol. The third-order valence-corrected chi connectivity index (χ3v) is 6.70. The predicted octanol–water partition coefficient (Wildman–Crippen LogP) is 0.290. The molecule has 28 heavy (non-hydrogen) atoms. The molecular formula is C17H22N4O5S2. The summed E-state index contributed by atoms with van der Waals surface area (Å²) in [5, 5.41) is 12.1. The number of rotatable bonds is 6. The highest BCUT2D eigenvalue weighted by molar-refractivity contribution is 8.00. The fraction of sp³-hybridized carbons (Fsp3) is 0.412. The number of nitrogens with two attached hydrogens (primary N) is 1. The molecule has 0 aromatic heterocycles. The Hall–Kier alpha value is -2.24. The van der Waals surface area contributed by atoms with Crippen LogP contribution in [0.4, 0.5) is 5.69 Å². The summed E-state index contributed by atoms with van der Waals surface area (Å²) in [7, 11) is -3.44. The number of benzene rings is 1. The molecule has 1 amide bonds. The van der Waals surface area contributed by atoms with Gasteiger partial charge in [-0.2, -0.15) is 0 Å². The minimum atomic E-state index is -3.44. The van der Waals surface area contributed by atoms with Crippen molar-refractivity contribution in [2.75, 3.05) is 23.3 Å². The minimum Gasteiger partial charge on any atom is -0.477 e. The maximum atomic E-state index is 12.6. The van der Waals surface area contributed by atoms with E-state index in [0.717, 1.165) is 11.8 Å². The molecule has 0 aliphatic carbocycles. The summed E-state index contributed by atoms with van der Waals surface area (Å²) in [6.07, 6.45) is 1.04. The molecule has 1 saturated heterocycles. The van der Waals surface area contributed by atoms with Crippen molar-refractivity contribution in [3.05, 3.63) is 41.1 Å². The molecular weight excluding hydrogens is 404 g/mol. The van der Waals surface area contributed by atoms with Gasteiger partial charge < -0.3 is 21.1 Å². The van der Waals surface area contributed by atoms with Crippen LogP contribution in [0.3, 0.4) is 0 Å². The summed E-state index contributed by atoms with van der Waals surface area (Å²) >= 11 is 1.58. The normalized spacial score (nSPS) is 22.8. The van der Waals surface area contributed by atoms with Crippen LogP contribution in [0.25, 0.3) is 0 Å². The van der Waals surface area contributed by atoms with Crippen molar-refractivity contribution in [2.45, 2.75) is 24.4 Å². The van der Waals surface area contributed by atoms with Gasteiger partial charge in [-0.1, -0.05) is 12.1 Å². The van der Waals surface area contributed by atoms with Gasteiger partial charge in [-0.15, -0.1) is 11.8 Å². The van der Waals surface area contributed by atoms with Crippen molar-refractivity contribution >= 4 is 39.3 Å². The number of carboxylic acid groups (broad SMARTS) is 1. The first kappa shape index (κ1) is 20.5. The second kappa shape index (κ2) is 7.64. The largest absolute Gasteiger partial charge is 0.477 e. The van der Waals surface area contributed by atoms with Crippen molar-refractivity contribution in [1.29, 1.82) is 0 Å². The van der Waals surface area contributed by atoms with Crippen LogP contribution < -0.4 is 15.8 Å². The van der Waals surface area contributed by atoms with E-state index in [4.69, 9.17) is 5.73 Å². The number of amides is 1. The monoisotopic (exact) mass is 426 g/mol. The van der Waals surface area contributed by atoms with Gasteiger partial charge in [-0.05, 0) is 30.2 Å². The van der Waals surface area contributed by atoms with Crippen LogP contribution in [0.15, 0.2) is 35.5 Å². The average molecular weight is 427 g/mol. The van der Waals surface area contributed by atoms with E-state index in [9.17, 15) is 23.1 Å². The van der Waals surface area contributed by atoms with Gasteiger partial charge in [0.25, 0.3) is 0 Å². The first-order valence-corrected chi connectivity index (χ1v) is 11.5. The lowest BCUT2D eigenvalue weighted by Crippen LogP contribution is -2.67. The van der Waals surface area contributed by atoms with E-state index in [1.165, 1.54) is 6.07 Å². The number of sulfonamides is 1. The zero-order valence-electron chi connectivity index (χ0n) is 15.4. The third kappa shape index (κ3) is 4.26. The first-order chi connectivity index (χ1) is 13.1. The van der Waals surface area contributed by atoms with Crippen molar-refractivity contribution in [2.24, 2.45) is 5.73 Å². The highest BCUT2D eigenvalue weighted by atomic mass is 32.2. The summed E-state index contributed by atoms with van der Waals surface area (Å²) in [4.78, 5) is 25.8. The number of hydrogen-bond donors (Lipinski definition) is 4. The Bertz CT molecular complexity index is 947. The van der Waals surface area contributed by atoms with E-state index >= 15 is 0 Å². The van der Waals surface area contributed by atoms with Crippen molar-refractivity contribution in [3.63, 3.8) is 0 Å². The molecule has 2 aliphatic heterocycles. The Morgan fingerprint density at radius 3 is 2.75 bits per heavy atom. The van der Waals surface area contributed by atoms with Gasteiger partial charge in [0.1, 0.15) is 11.7 Å². The number of carbonyl (C=O) groups excluding carboxylic acids is 1. The molecule has 2 heterocycles. The number of anilines is 1. The van der Waals surface area contributed by atoms with Gasteiger partial charge in [-0.3, -0.25) is 9.52 Å². The maximum absolute atomic E-state index is 12.6. The van der Waals surface area contributed by atoms with Crippen molar-refractivity contribution in [3.8, 4) is 0 Å². The number of fused-ring (bicyclic) bond motifs is 1. The van der Waals surface area contributed by atoms with Gasteiger partial charge in [0.15, 0.2) is 0 Å². The molecule has 1 aromatic rings. The fourth-order valence-electron chi connectivity index (χ4n) is 3.29. The van der Waals surface area contributed by atoms with Gasteiger partial charge in [-0.25, -0.2) is 13.2 Å². The second-order valence-corrected chi connectivity index (χ2v) is 9.73. The lowest BCUT2D eigenvalue weighted by molar-refractivity contribution is -0.135. The molecule has 0 bridgehead atoms. The summed E-state index contributed by atoms with van der Waals surface area (Å²) in [6.45, 7) is 2.21. The number of aliphatic carboxylic acids is 1. The van der Waals surface area contributed by atoms with Gasteiger partial charge in [0.2, 0.25) is 15.9 Å². The summed E-state index contributed by atoms with van der Waals surface area (Å²) in [5.41, 5.74) is 7.96. The van der Waals surface area contributed by atoms with Crippen LogP contribution in [0.5, 0.6) is 0 Å². The number of carboxylic acids is 1. The van der Waals surface area contributed by atoms with E-state index in [1.807, 2.05) is 0 Å². The highest BCUT2D eigenvalue weighted by Gasteiger charge is 2.46. The zero-order chi connectivity index (χ0) is 20.6. The Balaban J connectivity index is 1.65. The van der Waals surface area contributed by atoms with E-state index < -0.39 is 27.9 Å². The molecule has 1 aromatic carbocycles. The van der Waals surface area contributed by atoms with Gasteiger partial charge >= 0.3 is 5.97 Å². The summed E-state index contributed by atoms with van der Waals surface area (Å²) < 4.78 is 25.1. The zero-order valence-corrected chi connectivity index (χ0v) is 17.0. The Morgan fingerprint density at radius 1 is 1.39 bits per heavy atom. The van der Waals surface area contributed by atoms with Gasteiger partial charge in [0, 0.05) is 18.0 Å². The lowest BCUT2D eigenvalue weighted by Gasteiger charge is -2.52. The quantitative estimate of drug-likeness (QED) is 0.508. The molecule has 152 valence electrons. The smallest absolute Gasteiger partial charge is 0.352 e. The van der Waals surface area contributed by atoms with Crippen molar-refractivity contribution in [1.82, 2.24) is 10.2 Å². The Morgan fingerprint density at radius 2 is 2.11 bits per heavy atom. The SMILES string of the molecule is CC1=C(C(=O)O)N2CC(NC(=O)C(N)c3cccc(NS(C)(=O)=O)c3)C2SC1. The molecule has 0 radical (unpaired) electrons. The number of carbonyl (C=O) groups is 2. The average Bonchev–Trinajstić information content (AvgIpc) is 2.57. The summed E-state index contributed by atoms with van der Waals surface area (Å²) in [5.74, 6) is -0.759. The molecule has 9 nitrogen and oxygen atoms in total. The molecule has 11 heteroatoms. The molecule has 3 atom stereocenters. The highest BCUT2D eigenvalue weighted by Crippen LogP contribution is 2.39. The number of hydrogen-bond acceptors (Lipinski definition) is 7. The molecule has 0 saturated carbocycles. The Kier molecular flexibility index (Phi) is 5.60. The van der Waals surface area contributed by atoms with Gasteiger partial charge in [0.05, 0.1) is 17.7 Å². The van der Waals surface area contributed by atoms with Crippen LogP contribution in [0.1, 0.15) is 18.5 Å². The third-order valence-electron chi connectivity index (χ3n) is 4.57. The molecule has 1 fully saturated rings. The fourth-order valence-corrected chi connectivity index (χ4v) is 5.16. The molecule has 2 aliphatic rings. The molecule has 3 rings (SSSR count). The van der Waals surface area contributed by atoms with Crippen molar-refractivity contribution < 1.29 is 23.1 Å². The second-order valence-electron chi connectivity index (χ2n) is 6.88.